The Bertz CT molecular complexity index is 745. The summed E-state index contributed by atoms with van der Waals surface area (Å²) in [6, 6.07) is 11.6. The Kier molecular flexibility index (Phi) is 5.30. The summed E-state index contributed by atoms with van der Waals surface area (Å²) in [7, 11) is 3.21. The maximum atomic E-state index is 12.4. The molecule has 2 aromatic carbocycles. The Hall–Kier alpha value is -2.14. The van der Waals surface area contributed by atoms with Crippen LogP contribution in [0.1, 0.15) is 27.9 Å². The van der Waals surface area contributed by atoms with Gasteiger partial charge in [0.1, 0.15) is 0 Å². The zero-order valence-electron chi connectivity index (χ0n) is 13.9. The van der Waals surface area contributed by atoms with Gasteiger partial charge >= 0.3 is 0 Å². The lowest BCUT2D eigenvalue weighted by Gasteiger charge is -2.16. The lowest BCUT2D eigenvalue weighted by Crippen LogP contribution is -2.23. The summed E-state index contributed by atoms with van der Waals surface area (Å²) in [5.74, 6) is 2.45. The Morgan fingerprint density at radius 1 is 1.12 bits per heavy atom. The minimum Gasteiger partial charge on any atom is -0.493 e. The second-order valence-corrected chi connectivity index (χ2v) is 6.78. The molecule has 126 valence electrons. The highest BCUT2D eigenvalue weighted by atomic mass is 32.2. The number of aryl methyl sites for hydroxylation is 1. The first-order valence-corrected chi connectivity index (χ1v) is 8.94. The van der Waals surface area contributed by atoms with Crippen molar-refractivity contribution in [2.24, 2.45) is 0 Å². The van der Waals surface area contributed by atoms with Crippen LogP contribution in [0.2, 0.25) is 0 Å². The van der Waals surface area contributed by atoms with Gasteiger partial charge in [0.25, 0.3) is 5.91 Å². The van der Waals surface area contributed by atoms with Gasteiger partial charge < -0.3 is 14.8 Å². The van der Waals surface area contributed by atoms with Crippen LogP contribution >= 0.6 is 11.8 Å². The molecule has 1 aliphatic heterocycles. The lowest BCUT2D eigenvalue weighted by molar-refractivity contribution is 0.0950. The number of benzene rings is 2. The number of hydrogen-bond acceptors (Lipinski definition) is 4. The number of rotatable bonds is 5. The van der Waals surface area contributed by atoms with Gasteiger partial charge in [-0.25, -0.2) is 0 Å². The number of carbonyl (C=O) groups is 1. The van der Waals surface area contributed by atoms with E-state index in [9.17, 15) is 4.79 Å². The molecule has 0 saturated heterocycles. The molecule has 0 spiro atoms. The number of fused-ring (bicyclic) bond motifs is 1. The number of methoxy groups -OCH3 is 2. The minimum absolute atomic E-state index is 0.0526. The first-order chi connectivity index (χ1) is 11.7. The normalized spacial score (nSPS) is 13.1. The molecule has 0 unspecified atom stereocenters. The van der Waals surface area contributed by atoms with Gasteiger partial charge in [-0.15, -0.1) is 11.8 Å². The molecule has 1 aliphatic rings. The smallest absolute Gasteiger partial charge is 0.251 e. The molecule has 1 N–H and O–H groups in total. The van der Waals surface area contributed by atoms with Crippen LogP contribution in [0.4, 0.5) is 0 Å². The predicted octanol–water partition coefficient (Wildman–Crippen LogP) is 3.67. The average Bonchev–Trinajstić information content (AvgIpc) is 2.65. The highest BCUT2D eigenvalue weighted by Gasteiger charge is 2.13. The molecular weight excluding hydrogens is 322 g/mol. The maximum Gasteiger partial charge on any atom is 0.251 e. The monoisotopic (exact) mass is 343 g/mol. The van der Waals surface area contributed by atoms with Gasteiger partial charge in [-0.1, -0.05) is 6.07 Å². The van der Waals surface area contributed by atoms with Crippen LogP contribution in [0.25, 0.3) is 0 Å². The summed E-state index contributed by atoms with van der Waals surface area (Å²) in [5.41, 5.74) is 2.97. The molecule has 4 nitrogen and oxygen atoms in total. The van der Waals surface area contributed by atoms with Gasteiger partial charge in [-0.3, -0.25) is 4.79 Å². The third-order valence-corrected chi connectivity index (χ3v) is 5.27. The summed E-state index contributed by atoms with van der Waals surface area (Å²) in [6.45, 7) is 0.449. The molecule has 0 aromatic heterocycles. The molecular formula is C19H21NO3S. The van der Waals surface area contributed by atoms with E-state index in [0.717, 1.165) is 23.3 Å². The molecule has 0 atom stereocenters. The summed E-state index contributed by atoms with van der Waals surface area (Å²) in [5, 5.41) is 2.97. The van der Waals surface area contributed by atoms with E-state index in [1.54, 1.807) is 14.2 Å². The Morgan fingerprint density at radius 3 is 2.75 bits per heavy atom. The van der Waals surface area contributed by atoms with E-state index < -0.39 is 0 Å². The molecule has 0 saturated carbocycles. The van der Waals surface area contributed by atoms with Gasteiger partial charge in [0.2, 0.25) is 0 Å². The van der Waals surface area contributed by atoms with Crippen molar-refractivity contribution in [3.63, 3.8) is 0 Å². The predicted molar refractivity (Wildman–Crippen MR) is 96.2 cm³/mol. The summed E-state index contributed by atoms with van der Waals surface area (Å²) < 4.78 is 10.5. The molecule has 3 rings (SSSR count). The summed E-state index contributed by atoms with van der Waals surface area (Å²) in [4.78, 5) is 13.7. The highest BCUT2D eigenvalue weighted by Crippen LogP contribution is 2.30. The number of amides is 1. The van der Waals surface area contributed by atoms with Crippen molar-refractivity contribution in [1.82, 2.24) is 5.32 Å². The van der Waals surface area contributed by atoms with Crippen molar-refractivity contribution in [3.05, 3.63) is 53.1 Å². The van der Waals surface area contributed by atoms with E-state index in [-0.39, 0.29) is 5.91 Å². The van der Waals surface area contributed by atoms with E-state index in [0.29, 0.717) is 18.0 Å². The van der Waals surface area contributed by atoms with Crippen molar-refractivity contribution in [2.75, 3.05) is 20.0 Å². The number of carbonyl (C=O) groups excluding carboxylic acids is 1. The van der Waals surface area contributed by atoms with Crippen LogP contribution in [0.5, 0.6) is 11.5 Å². The molecule has 24 heavy (non-hydrogen) atoms. The minimum atomic E-state index is -0.0526. The van der Waals surface area contributed by atoms with E-state index >= 15 is 0 Å². The summed E-state index contributed by atoms with van der Waals surface area (Å²) >= 11 is 1.87. The zero-order chi connectivity index (χ0) is 16.9. The molecule has 0 bridgehead atoms. The van der Waals surface area contributed by atoms with Gasteiger partial charge in [0, 0.05) is 17.0 Å². The van der Waals surface area contributed by atoms with Gasteiger partial charge in [-0.2, -0.15) is 0 Å². The van der Waals surface area contributed by atoms with Crippen LogP contribution in [0, 0.1) is 0 Å². The quantitative estimate of drug-likeness (QED) is 0.900. The number of ether oxygens (including phenoxy) is 2. The molecule has 2 aromatic rings. The van der Waals surface area contributed by atoms with Gasteiger partial charge in [0.05, 0.1) is 14.2 Å². The number of hydrogen-bond donors (Lipinski definition) is 1. The van der Waals surface area contributed by atoms with Gasteiger partial charge in [-0.05, 0) is 60.1 Å². The molecule has 0 radical (unpaired) electrons. The fourth-order valence-corrected chi connectivity index (χ4v) is 3.80. The molecule has 0 fully saturated rings. The topological polar surface area (TPSA) is 47.6 Å². The molecule has 1 heterocycles. The van der Waals surface area contributed by atoms with Crippen molar-refractivity contribution >= 4 is 17.7 Å². The number of thioether (sulfide) groups is 1. The second-order valence-electron chi connectivity index (χ2n) is 5.65. The van der Waals surface area contributed by atoms with Crippen LogP contribution in [0.3, 0.4) is 0 Å². The second kappa shape index (κ2) is 7.62. The molecule has 1 amide bonds. The SMILES string of the molecule is COc1ccc(CNC(=O)c2ccc3c(c2)CCCS3)cc1OC. The Labute approximate surface area is 146 Å². The van der Waals surface area contributed by atoms with Crippen molar-refractivity contribution < 1.29 is 14.3 Å². The standard InChI is InChI=1S/C19H21NO3S/c1-22-16-7-5-13(10-17(16)23-2)12-20-19(21)15-6-8-18-14(11-15)4-3-9-24-18/h5-8,10-11H,3-4,9,12H2,1-2H3,(H,20,21). The van der Waals surface area contributed by atoms with Crippen LogP contribution < -0.4 is 14.8 Å². The molecule has 0 aliphatic carbocycles. The lowest BCUT2D eigenvalue weighted by atomic mass is 10.1. The van der Waals surface area contributed by atoms with E-state index in [1.165, 1.54) is 16.9 Å². The van der Waals surface area contributed by atoms with Gasteiger partial charge in [0.15, 0.2) is 11.5 Å². The first kappa shape index (κ1) is 16.7. The third-order valence-electron chi connectivity index (χ3n) is 4.07. The Morgan fingerprint density at radius 2 is 1.96 bits per heavy atom. The van der Waals surface area contributed by atoms with Crippen molar-refractivity contribution in [1.29, 1.82) is 0 Å². The van der Waals surface area contributed by atoms with Crippen LogP contribution in [-0.4, -0.2) is 25.9 Å². The van der Waals surface area contributed by atoms with E-state index in [1.807, 2.05) is 42.1 Å². The van der Waals surface area contributed by atoms with E-state index in [4.69, 9.17) is 9.47 Å². The van der Waals surface area contributed by atoms with Crippen LogP contribution in [0.15, 0.2) is 41.3 Å². The zero-order valence-corrected chi connectivity index (χ0v) is 14.7. The number of nitrogens with one attached hydrogen (secondary N) is 1. The van der Waals surface area contributed by atoms with E-state index in [2.05, 4.69) is 11.4 Å². The largest absolute Gasteiger partial charge is 0.493 e. The van der Waals surface area contributed by atoms with Crippen molar-refractivity contribution in [2.45, 2.75) is 24.3 Å². The fraction of sp³-hybridized carbons (Fsp3) is 0.316. The third kappa shape index (κ3) is 3.67. The fourth-order valence-electron chi connectivity index (χ4n) is 2.78. The maximum absolute atomic E-state index is 12.4. The molecule has 5 heteroatoms. The first-order valence-electron chi connectivity index (χ1n) is 7.96. The Balaban J connectivity index is 1.67. The summed E-state index contributed by atoms with van der Waals surface area (Å²) in [6.07, 6.45) is 2.23. The highest BCUT2D eigenvalue weighted by molar-refractivity contribution is 7.99. The average molecular weight is 343 g/mol. The van der Waals surface area contributed by atoms with Crippen LogP contribution in [-0.2, 0) is 13.0 Å². The van der Waals surface area contributed by atoms with Crippen molar-refractivity contribution in [3.8, 4) is 11.5 Å².